The Labute approximate surface area is 111 Å². The maximum atomic E-state index is 13.6. The Kier molecular flexibility index (Phi) is 4.64. The van der Waals surface area contributed by atoms with Crippen LogP contribution in [0.25, 0.3) is 0 Å². The molecule has 0 saturated carbocycles. The molecule has 1 aromatic carbocycles. The molecule has 0 heterocycles. The van der Waals surface area contributed by atoms with Gasteiger partial charge in [-0.25, -0.2) is 4.39 Å². The summed E-state index contributed by atoms with van der Waals surface area (Å²) in [5.74, 6) is -2.21. The van der Waals surface area contributed by atoms with E-state index in [1.54, 1.807) is 26.8 Å². The first-order chi connectivity index (χ1) is 8.77. The van der Waals surface area contributed by atoms with E-state index >= 15 is 0 Å². The van der Waals surface area contributed by atoms with Crippen LogP contribution in [0.1, 0.15) is 42.6 Å². The number of carboxylic acid groups (broad SMARTS) is 1. The van der Waals surface area contributed by atoms with E-state index < -0.39 is 23.2 Å². The van der Waals surface area contributed by atoms with Crippen molar-refractivity contribution >= 4 is 11.9 Å². The quantitative estimate of drug-likeness (QED) is 0.861. The summed E-state index contributed by atoms with van der Waals surface area (Å²) in [6, 6.07) is 4.24. The normalized spacial score (nSPS) is 13.7. The minimum Gasteiger partial charge on any atom is -0.481 e. The van der Waals surface area contributed by atoms with E-state index in [2.05, 4.69) is 5.32 Å². The molecule has 0 radical (unpaired) electrons. The van der Waals surface area contributed by atoms with Gasteiger partial charge in [-0.15, -0.1) is 0 Å². The fraction of sp³-hybridized carbons (Fsp3) is 0.429. The van der Waals surface area contributed by atoms with Crippen molar-refractivity contribution in [2.75, 3.05) is 0 Å². The molecule has 0 aliphatic rings. The molecule has 0 spiro atoms. The van der Waals surface area contributed by atoms with Gasteiger partial charge in [-0.1, -0.05) is 18.6 Å². The number of rotatable bonds is 5. The Morgan fingerprint density at radius 2 is 2.05 bits per heavy atom. The number of aryl methyl sites for hydroxylation is 1. The van der Waals surface area contributed by atoms with Gasteiger partial charge in [0, 0.05) is 5.54 Å². The van der Waals surface area contributed by atoms with Crippen molar-refractivity contribution in [2.45, 2.75) is 39.2 Å². The molecule has 1 amide bonds. The summed E-state index contributed by atoms with van der Waals surface area (Å²) in [6.45, 7) is 5.16. The van der Waals surface area contributed by atoms with E-state index in [0.717, 1.165) is 5.56 Å². The van der Waals surface area contributed by atoms with Crippen LogP contribution in [0.4, 0.5) is 4.39 Å². The molecular weight excluding hydrogens is 249 g/mol. The lowest BCUT2D eigenvalue weighted by Crippen LogP contribution is -2.47. The van der Waals surface area contributed by atoms with Crippen molar-refractivity contribution in [3.05, 3.63) is 35.1 Å². The first-order valence-electron chi connectivity index (χ1n) is 6.08. The molecule has 0 aromatic heterocycles. The van der Waals surface area contributed by atoms with Gasteiger partial charge < -0.3 is 10.4 Å². The lowest BCUT2D eigenvalue weighted by atomic mass is 9.94. The lowest BCUT2D eigenvalue weighted by molar-refractivity contribution is -0.138. The van der Waals surface area contributed by atoms with Crippen LogP contribution in [-0.4, -0.2) is 22.5 Å². The third-order valence-corrected chi connectivity index (χ3v) is 3.10. The molecular formula is C14H18FNO3. The summed E-state index contributed by atoms with van der Waals surface area (Å²) in [4.78, 5) is 22.8. The van der Waals surface area contributed by atoms with E-state index in [1.165, 1.54) is 12.1 Å². The molecule has 5 heteroatoms. The van der Waals surface area contributed by atoms with E-state index in [1.807, 2.05) is 0 Å². The maximum absolute atomic E-state index is 13.6. The monoisotopic (exact) mass is 267 g/mol. The predicted octanol–water partition coefficient (Wildman–Crippen LogP) is 2.51. The van der Waals surface area contributed by atoms with Crippen LogP contribution in [0.15, 0.2) is 18.2 Å². The zero-order valence-corrected chi connectivity index (χ0v) is 11.3. The van der Waals surface area contributed by atoms with E-state index in [4.69, 9.17) is 5.11 Å². The largest absolute Gasteiger partial charge is 0.481 e. The summed E-state index contributed by atoms with van der Waals surface area (Å²) in [5.41, 5.74) is -0.188. The third kappa shape index (κ3) is 4.05. The molecule has 19 heavy (non-hydrogen) atoms. The van der Waals surface area contributed by atoms with Crippen LogP contribution < -0.4 is 5.32 Å². The highest BCUT2D eigenvalue weighted by Gasteiger charge is 2.28. The van der Waals surface area contributed by atoms with Crippen molar-refractivity contribution < 1.29 is 19.1 Å². The van der Waals surface area contributed by atoms with Gasteiger partial charge in [0.1, 0.15) is 5.82 Å². The second-order valence-corrected chi connectivity index (χ2v) is 4.92. The average Bonchev–Trinajstić information content (AvgIpc) is 2.31. The smallest absolute Gasteiger partial charge is 0.305 e. The second-order valence-electron chi connectivity index (χ2n) is 4.92. The van der Waals surface area contributed by atoms with Gasteiger partial charge in [0.05, 0.1) is 12.0 Å². The zero-order valence-electron chi connectivity index (χ0n) is 11.3. The van der Waals surface area contributed by atoms with Gasteiger partial charge >= 0.3 is 5.97 Å². The first kappa shape index (κ1) is 15.1. The molecule has 2 N–H and O–H groups in total. The third-order valence-electron chi connectivity index (χ3n) is 3.10. The van der Waals surface area contributed by atoms with Crippen molar-refractivity contribution in [1.82, 2.24) is 5.32 Å². The van der Waals surface area contributed by atoms with Crippen LogP contribution >= 0.6 is 0 Å². The molecule has 0 aliphatic heterocycles. The number of hydrogen-bond donors (Lipinski definition) is 2. The van der Waals surface area contributed by atoms with Crippen LogP contribution in [0.3, 0.4) is 0 Å². The summed E-state index contributed by atoms with van der Waals surface area (Å²) >= 11 is 0. The van der Waals surface area contributed by atoms with Crippen LogP contribution in [0.2, 0.25) is 0 Å². The number of hydrogen-bond acceptors (Lipinski definition) is 2. The molecule has 104 valence electrons. The molecule has 0 saturated heterocycles. The number of carbonyl (C=O) groups is 2. The predicted molar refractivity (Wildman–Crippen MR) is 69.6 cm³/mol. The summed E-state index contributed by atoms with van der Waals surface area (Å²) < 4.78 is 13.6. The molecule has 1 atom stereocenters. The number of carbonyl (C=O) groups excluding carboxylic acids is 1. The average molecular weight is 267 g/mol. The summed E-state index contributed by atoms with van der Waals surface area (Å²) in [5, 5.41) is 11.4. The number of carboxylic acids is 1. The molecule has 0 bridgehead atoms. The van der Waals surface area contributed by atoms with Crippen molar-refractivity contribution in [3.63, 3.8) is 0 Å². The van der Waals surface area contributed by atoms with E-state index in [9.17, 15) is 14.0 Å². The number of benzene rings is 1. The highest BCUT2D eigenvalue weighted by molar-refractivity contribution is 5.95. The van der Waals surface area contributed by atoms with Crippen LogP contribution in [0, 0.1) is 12.7 Å². The molecule has 1 rings (SSSR count). The van der Waals surface area contributed by atoms with Crippen molar-refractivity contribution in [1.29, 1.82) is 0 Å². The second kappa shape index (κ2) is 5.82. The Morgan fingerprint density at radius 3 is 2.58 bits per heavy atom. The van der Waals surface area contributed by atoms with Crippen molar-refractivity contribution in [2.24, 2.45) is 0 Å². The Morgan fingerprint density at radius 1 is 1.42 bits per heavy atom. The van der Waals surface area contributed by atoms with Crippen molar-refractivity contribution in [3.8, 4) is 0 Å². The lowest BCUT2D eigenvalue weighted by Gasteiger charge is -2.28. The molecule has 0 fully saturated rings. The van der Waals surface area contributed by atoms with Gasteiger partial charge in [-0.05, 0) is 32.4 Å². The minimum atomic E-state index is -1.01. The highest BCUT2D eigenvalue weighted by Crippen LogP contribution is 2.17. The van der Waals surface area contributed by atoms with Gasteiger partial charge in [-0.3, -0.25) is 9.59 Å². The molecule has 4 nitrogen and oxygen atoms in total. The summed E-state index contributed by atoms with van der Waals surface area (Å²) in [6.07, 6.45) is 0.237. The van der Waals surface area contributed by atoms with Gasteiger partial charge in [0.2, 0.25) is 0 Å². The standard InChI is InChI=1S/C14H18FNO3/c1-4-14(3,8-12(17)18)16-13(19)10-7-9(2)5-6-11(10)15/h5-7H,4,8H2,1-3H3,(H,16,19)(H,17,18)/t14-/m1/s1. The van der Waals surface area contributed by atoms with Crippen LogP contribution in [-0.2, 0) is 4.79 Å². The fourth-order valence-electron chi connectivity index (χ4n) is 1.75. The minimum absolute atomic E-state index is 0.0648. The van der Waals surface area contributed by atoms with Crippen LogP contribution in [0.5, 0.6) is 0 Å². The Balaban J connectivity index is 2.94. The highest BCUT2D eigenvalue weighted by atomic mass is 19.1. The SMILES string of the molecule is CC[C@](C)(CC(=O)O)NC(=O)c1cc(C)ccc1F. The van der Waals surface area contributed by atoms with Gasteiger partial charge in [0.15, 0.2) is 0 Å². The molecule has 0 unspecified atom stereocenters. The van der Waals surface area contributed by atoms with E-state index in [-0.39, 0.29) is 12.0 Å². The Bertz CT molecular complexity index is 501. The first-order valence-corrected chi connectivity index (χ1v) is 6.08. The fourth-order valence-corrected chi connectivity index (χ4v) is 1.75. The van der Waals surface area contributed by atoms with E-state index in [0.29, 0.717) is 6.42 Å². The Hall–Kier alpha value is -1.91. The number of nitrogens with one attached hydrogen (secondary N) is 1. The maximum Gasteiger partial charge on any atom is 0.305 e. The summed E-state index contributed by atoms with van der Waals surface area (Å²) in [7, 11) is 0. The molecule has 1 aromatic rings. The van der Waals surface area contributed by atoms with Gasteiger partial charge in [-0.2, -0.15) is 0 Å². The zero-order chi connectivity index (χ0) is 14.6. The number of amides is 1. The topological polar surface area (TPSA) is 66.4 Å². The number of aliphatic carboxylic acids is 1. The number of halogens is 1. The van der Waals surface area contributed by atoms with Gasteiger partial charge in [0.25, 0.3) is 5.91 Å². The molecule has 0 aliphatic carbocycles.